The fourth-order valence-electron chi connectivity index (χ4n) is 1.05. The van der Waals surface area contributed by atoms with Crippen LogP contribution in [0.15, 0.2) is 24.3 Å². The van der Waals surface area contributed by atoms with Crippen LogP contribution in [0.25, 0.3) is 0 Å². The van der Waals surface area contributed by atoms with Gasteiger partial charge in [-0.05, 0) is 17.7 Å². The Morgan fingerprint density at radius 3 is 2.57 bits per heavy atom. The minimum atomic E-state index is -0.226. The van der Waals surface area contributed by atoms with Gasteiger partial charge in [-0.25, -0.2) is 4.39 Å². The Balaban J connectivity index is 2.18. The van der Waals surface area contributed by atoms with Crippen molar-refractivity contribution < 1.29 is 9.18 Å². The molecule has 0 fully saturated rings. The maximum absolute atomic E-state index is 12.5. The Bertz CT molecular complexity index is 274. The summed E-state index contributed by atoms with van der Waals surface area (Å²) in [6, 6.07) is 6.33. The molecule has 0 atom stereocenters. The average molecular weight is 196 g/mol. The maximum Gasteiger partial charge on any atom is 0.207 e. The van der Waals surface area contributed by atoms with Crippen LogP contribution >= 0.6 is 0 Å². The van der Waals surface area contributed by atoms with Crippen molar-refractivity contribution in [1.82, 2.24) is 10.6 Å². The molecule has 4 heteroatoms. The third kappa shape index (κ3) is 4.00. The van der Waals surface area contributed by atoms with Crippen LogP contribution < -0.4 is 10.6 Å². The second-order valence-electron chi connectivity index (χ2n) is 2.88. The van der Waals surface area contributed by atoms with E-state index < -0.39 is 0 Å². The highest BCUT2D eigenvalue weighted by Gasteiger charge is 1.92. The lowest BCUT2D eigenvalue weighted by molar-refractivity contribution is -0.109. The summed E-state index contributed by atoms with van der Waals surface area (Å²) >= 11 is 0. The molecule has 0 aromatic heterocycles. The lowest BCUT2D eigenvalue weighted by Crippen LogP contribution is -2.25. The van der Waals surface area contributed by atoms with E-state index in [0.717, 1.165) is 5.56 Å². The Hall–Kier alpha value is -1.42. The summed E-state index contributed by atoms with van der Waals surface area (Å²) in [7, 11) is 0. The highest BCUT2D eigenvalue weighted by molar-refractivity contribution is 5.45. The van der Waals surface area contributed by atoms with E-state index in [9.17, 15) is 9.18 Å². The van der Waals surface area contributed by atoms with Crippen molar-refractivity contribution in [3.05, 3.63) is 35.6 Å². The quantitative estimate of drug-likeness (QED) is 0.518. The minimum absolute atomic E-state index is 0.226. The average Bonchev–Trinajstić information content (AvgIpc) is 2.21. The fraction of sp³-hybridized carbons (Fsp3) is 0.300. The summed E-state index contributed by atoms with van der Waals surface area (Å²) < 4.78 is 12.5. The van der Waals surface area contributed by atoms with Gasteiger partial charge in [0.1, 0.15) is 5.82 Å². The molecular weight excluding hydrogens is 183 g/mol. The molecule has 1 rings (SSSR count). The lowest BCUT2D eigenvalue weighted by atomic mass is 10.2. The molecule has 0 aliphatic heterocycles. The van der Waals surface area contributed by atoms with Crippen molar-refractivity contribution >= 4 is 6.41 Å². The molecule has 0 heterocycles. The zero-order valence-corrected chi connectivity index (χ0v) is 7.79. The van der Waals surface area contributed by atoms with Gasteiger partial charge in [0.15, 0.2) is 0 Å². The topological polar surface area (TPSA) is 41.1 Å². The van der Waals surface area contributed by atoms with Crippen LogP contribution in [0, 0.1) is 5.82 Å². The molecular formula is C10H13FN2O. The van der Waals surface area contributed by atoms with E-state index in [1.165, 1.54) is 12.1 Å². The number of carbonyl (C=O) groups excluding carboxylic acids is 1. The molecule has 1 aromatic rings. The van der Waals surface area contributed by atoms with Crippen molar-refractivity contribution in [2.45, 2.75) is 6.54 Å². The van der Waals surface area contributed by atoms with Crippen molar-refractivity contribution in [2.24, 2.45) is 0 Å². The van der Waals surface area contributed by atoms with E-state index in [4.69, 9.17) is 0 Å². The second-order valence-corrected chi connectivity index (χ2v) is 2.88. The van der Waals surface area contributed by atoms with Crippen LogP contribution in [0.5, 0.6) is 0 Å². The summed E-state index contributed by atoms with van der Waals surface area (Å²) in [5.74, 6) is -0.226. The minimum Gasteiger partial charge on any atom is -0.357 e. The van der Waals surface area contributed by atoms with Crippen LogP contribution in [0.2, 0.25) is 0 Å². The molecule has 2 N–H and O–H groups in total. The molecule has 0 spiro atoms. The van der Waals surface area contributed by atoms with E-state index in [1.54, 1.807) is 12.1 Å². The normalized spacial score (nSPS) is 9.79. The number of hydrogen-bond acceptors (Lipinski definition) is 2. The zero-order chi connectivity index (χ0) is 10.2. The Morgan fingerprint density at radius 2 is 1.93 bits per heavy atom. The summed E-state index contributed by atoms with van der Waals surface area (Å²) in [6.07, 6.45) is 0.666. The van der Waals surface area contributed by atoms with Gasteiger partial charge < -0.3 is 10.6 Å². The van der Waals surface area contributed by atoms with Crippen molar-refractivity contribution in [3.63, 3.8) is 0 Å². The molecule has 0 radical (unpaired) electrons. The van der Waals surface area contributed by atoms with E-state index in [2.05, 4.69) is 10.6 Å². The molecule has 14 heavy (non-hydrogen) atoms. The largest absolute Gasteiger partial charge is 0.357 e. The van der Waals surface area contributed by atoms with Gasteiger partial charge in [0.25, 0.3) is 0 Å². The number of benzene rings is 1. The van der Waals surface area contributed by atoms with Gasteiger partial charge in [0.2, 0.25) is 6.41 Å². The van der Waals surface area contributed by atoms with E-state index in [-0.39, 0.29) is 5.82 Å². The third-order valence-electron chi connectivity index (χ3n) is 1.77. The molecule has 0 aliphatic carbocycles. The Morgan fingerprint density at radius 1 is 1.21 bits per heavy atom. The lowest BCUT2D eigenvalue weighted by Gasteiger charge is -2.03. The predicted molar refractivity (Wildman–Crippen MR) is 52.2 cm³/mol. The number of rotatable bonds is 6. The summed E-state index contributed by atoms with van der Waals surface area (Å²) in [5.41, 5.74) is 1.03. The molecule has 3 nitrogen and oxygen atoms in total. The monoisotopic (exact) mass is 196 g/mol. The first-order chi connectivity index (χ1) is 6.83. The first-order valence-corrected chi connectivity index (χ1v) is 4.45. The standard InChI is InChI=1S/C10H13FN2O/c11-10-3-1-9(2-4-10)7-12-5-6-13-8-14/h1-4,8,12H,5-7H2,(H,13,14). The van der Waals surface area contributed by atoms with Crippen LogP contribution in [-0.2, 0) is 11.3 Å². The number of carbonyl (C=O) groups is 1. The molecule has 1 aromatic carbocycles. The SMILES string of the molecule is O=CNCCNCc1ccc(F)cc1. The first kappa shape index (κ1) is 10.7. The van der Waals surface area contributed by atoms with Crippen molar-refractivity contribution in [1.29, 1.82) is 0 Å². The van der Waals surface area contributed by atoms with Gasteiger partial charge in [-0.2, -0.15) is 0 Å². The van der Waals surface area contributed by atoms with Crippen LogP contribution in [0.3, 0.4) is 0 Å². The van der Waals surface area contributed by atoms with Gasteiger partial charge in [-0.3, -0.25) is 4.79 Å². The molecule has 0 unspecified atom stereocenters. The zero-order valence-electron chi connectivity index (χ0n) is 7.79. The first-order valence-electron chi connectivity index (χ1n) is 4.45. The Kier molecular flexibility index (Phi) is 4.64. The van der Waals surface area contributed by atoms with Gasteiger partial charge >= 0.3 is 0 Å². The molecule has 0 saturated heterocycles. The highest BCUT2D eigenvalue weighted by atomic mass is 19.1. The smallest absolute Gasteiger partial charge is 0.207 e. The molecule has 0 saturated carbocycles. The molecule has 1 amide bonds. The number of hydrogen-bond donors (Lipinski definition) is 2. The van der Waals surface area contributed by atoms with Crippen LogP contribution in [0.1, 0.15) is 5.56 Å². The maximum atomic E-state index is 12.5. The van der Waals surface area contributed by atoms with Gasteiger partial charge in [-0.15, -0.1) is 0 Å². The summed E-state index contributed by atoms with van der Waals surface area (Å²) in [5, 5.41) is 5.65. The van der Waals surface area contributed by atoms with Gasteiger partial charge in [0.05, 0.1) is 0 Å². The molecule has 0 aliphatic rings. The predicted octanol–water partition coefficient (Wildman–Crippen LogP) is 0.661. The second kappa shape index (κ2) is 6.10. The number of halogens is 1. The number of nitrogens with one attached hydrogen (secondary N) is 2. The van der Waals surface area contributed by atoms with Crippen LogP contribution in [-0.4, -0.2) is 19.5 Å². The number of amides is 1. The Labute approximate surface area is 82.3 Å². The van der Waals surface area contributed by atoms with E-state index >= 15 is 0 Å². The molecule has 76 valence electrons. The van der Waals surface area contributed by atoms with Crippen molar-refractivity contribution in [2.75, 3.05) is 13.1 Å². The van der Waals surface area contributed by atoms with Gasteiger partial charge in [-0.1, -0.05) is 12.1 Å². The third-order valence-corrected chi connectivity index (χ3v) is 1.77. The van der Waals surface area contributed by atoms with E-state index in [0.29, 0.717) is 26.0 Å². The summed E-state index contributed by atoms with van der Waals surface area (Å²) in [4.78, 5) is 9.89. The summed E-state index contributed by atoms with van der Waals surface area (Å²) in [6.45, 7) is 1.99. The van der Waals surface area contributed by atoms with E-state index in [1.807, 2.05) is 0 Å². The highest BCUT2D eigenvalue weighted by Crippen LogP contribution is 2.01. The van der Waals surface area contributed by atoms with Gasteiger partial charge in [0, 0.05) is 19.6 Å². The van der Waals surface area contributed by atoms with Crippen LogP contribution in [0.4, 0.5) is 4.39 Å². The fourth-order valence-corrected chi connectivity index (χ4v) is 1.05. The van der Waals surface area contributed by atoms with Crippen molar-refractivity contribution in [3.8, 4) is 0 Å². The molecule has 0 bridgehead atoms.